The van der Waals surface area contributed by atoms with Crippen molar-refractivity contribution >= 4 is 5.97 Å². The first-order valence-corrected chi connectivity index (χ1v) is 5.87. The lowest BCUT2D eigenvalue weighted by Crippen LogP contribution is -2.26. The number of carboxylic acids is 1. The molecule has 0 bridgehead atoms. The average molecular weight is 236 g/mol. The number of aliphatic hydroxyl groups excluding tert-OH is 1. The van der Waals surface area contributed by atoms with Crippen molar-refractivity contribution in [3.63, 3.8) is 0 Å². The molecule has 3 heteroatoms. The Morgan fingerprint density at radius 1 is 1.29 bits per heavy atom. The van der Waals surface area contributed by atoms with Gasteiger partial charge in [0.15, 0.2) is 0 Å². The van der Waals surface area contributed by atoms with Gasteiger partial charge < -0.3 is 10.2 Å². The minimum Gasteiger partial charge on any atom is -0.481 e. The van der Waals surface area contributed by atoms with Crippen molar-refractivity contribution in [1.82, 2.24) is 0 Å². The second-order valence-corrected chi connectivity index (χ2v) is 5.00. The number of carbonyl (C=O) groups is 1. The van der Waals surface area contributed by atoms with Crippen LogP contribution in [0.25, 0.3) is 0 Å². The van der Waals surface area contributed by atoms with Crippen LogP contribution in [0.2, 0.25) is 0 Å². The molecule has 0 aliphatic heterocycles. The van der Waals surface area contributed by atoms with E-state index in [9.17, 15) is 9.90 Å². The molecule has 1 unspecified atom stereocenters. The number of rotatable bonds is 5. The molecular formula is C14H20O3. The van der Waals surface area contributed by atoms with Crippen molar-refractivity contribution in [2.45, 2.75) is 39.7 Å². The first kappa shape index (κ1) is 13.7. The third-order valence-electron chi connectivity index (χ3n) is 3.06. The van der Waals surface area contributed by atoms with Gasteiger partial charge in [-0.25, -0.2) is 0 Å². The zero-order chi connectivity index (χ0) is 13.1. The summed E-state index contributed by atoms with van der Waals surface area (Å²) in [5.74, 6) is -0.887. The zero-order valence-electron chi connectivity index (χ0n) is 10.6. The lowest BCUT2D eigenvalue weighted by atomic mass is 9.85. The van der Waals surface area contributed by atoms with Gasteiger partial charge >= 0.3 is 5.97 Å². The van der Waals surface area contributed by atoms with Crippen LogP contribution in [0, 0.1) is 5.41 Å². The summed E-state index contributed by atoms with van der Waals surface area (Å²) >= 11 is 0. The maximum absolute atomic E-state index is 11.0. The normalized spacial score (nSPS) is 13.4. The monoisotopic (exact) mass is 236 g/mol. The van der Waals surface area contributed by atoms with Crippen molar-refractivity contribution in [3.8, 4) is 0 Å². The van der Waals surface area contributed by atoms with Crippen LogP contribution in [0.15, 0.2) is 24.3 Å². The highest BCUT2D eigenvalue weighted by Gasteiger charge is 2.30. The fraction of sp³-hybridized carbons (Fsp3) is 0.500. The highest BCUT2D eigenvalue weighted by Crippen LogP contribution is 2.30. The van der Waals surface area contributed by atoms with E-state index in [4.69, 9.17) is 5.11 Å². The van der Waals surface area contributed by atoms with Crippen LogP contribution < -0.4 is 0 Å². The molecule has 0 aromatic heterocycles. The van der Waals surface area contributed by atoms with Crippen molar-refractivity contribution in [3.05, 3.63) is 35.4 Å². The molecule has 2 N–H and O–H groups in total. The Morgan fingerprint density at radius 3 is 2.24 bits per heavy atom. The summed E-state index contributed by atoms with van der Waals surface area (Å²) in [6.45, 7) is 5.32. The van der Waals surface area contributed by atoms with Crippen molar-refractivity contribution in [2.75, 3.05) is 0 Å². The van der Waals surface area contributed by atoms with Gasteiger partial charge in [-0.3, -0.25) is 4.79 Å². The van der Waals surface area contributed by atoms with Crippen LogP contribution in [-0.4, -0.2) is 16.2 Å². The third kappa shape index (κ3) is 3.56. The van der Waals surface area contributed by atoms with Crippen LogP contribution in [0.1, 0.15) is 44.4 Å². The highest BCUT2D eigenvalue weighted by atomic mass is 16.4. The van der Waals surface area contributed by atoms with Gasteiger partial charge in [-0.2, -0.15) is 0 Å². The van der Waals surface area contributed by atoms with E-state index in [-0.39, 0.29) is 6.42 Å². The van der Waals surface area contributed by atoms with Crippen LogP contribution in [0.4, 0.5) is 0 Å². The number of aryl methyl sites for hydroxylation is 1. The molecule has 0 aliphatic carbocycles. The van der Waals surface area contributed by atoms with Crippen LogP contribution in [-0.2, 0) is 11.2 Å². The highest BCUT2D eigenvalue weighted by molar-refractivity contribution is 5.73. The first-order chi connectivity index (χ1) is 7.86. The fourth-order valence-corrected chi connectivity index (χ4v) is 1.66. The molecule has 0 radical (unpaired) electrons. The van der Waals surface area contributed by atoms with Crippen molar-refractivity contribution in [1.29, 1.82) is 0 Å². The molecule has 1 rings (SSSR count). The Morgan fingerprint density at radius 2 is 1.82 bits per heavy atom. The van der Waals surface area contributed by atoms with E-state index in [1.807, 2.05) is 24.3 Å². The standard InChI is InChI=1S/C14H20O3/c1-4-10-5-7-11(8-6-10)12(15)9-14(2,3)13(16)17/h5-8,12,15H,4,9H2,1-3H3,(H,16,17). The van der Waals surface area contributed by atoms with Crippen LogP contribution >= 0.6 is 0 Å². The molecule has 0 aliphatic rings. The number of benzene rings is 1. The molecule has 0 heterocycles. The Bertz CT molecular complexity index is 379. The molecule has 0 spiro atoms. The largest absolute Gasteiger partial charge is 0.481 e. The zero-order valence-corrected chi connectivity index (χ0v) is 10.6. The van der Waals surface area contributed by atoms with Crippen LogP contribution in [0.5, 0.6) is 0 Å². The van der Waals surface area contributed by atoms with E-state index in [1.165, 1.54) is 5.56 Å². The SMILES string of the molecule is CCc1ccc(C(O)CC(C)(C)C(=O)O)cc1. The molecule has 1 aromatic carbocycles. The van der Waals surface area contributed by atoms with Gasteiger partial charge in [-0.15, -0.1) is 0 Å². The minimum absolute atomic E-state index is 0.216. The quantitative estimate of drug-likeness (QED) is 0.826. The minimum atomic E-state index is -0.914. The molecule has 0 amide bonds. The van der Waals surface area contributed by atoms with Gasteiger partial charge in [0.05, 0.1) is 11.5 Å². The lowest BCUT2D eigenvalue weighted by molar-refractivity contribution is -0.148. The molecule has 17 heavy (non-hydrogen) atoms. The molecule has 1 atom stereocenters. The Kier molecular flexibility index (Phi) is 4.29. The Balaban J connectivity index is 2.76. The third-order valence-corrected chi connectivity index (χ3v) is 3.06. The number of aliphatic hydroxyl groups is 1. The van der Waals surface area contributed by atoms with E-state index in [1.54, 1.807) is 13.8 Å². The molecule has 0 saturated carbocycles. The van der Waals surface area contributed by atoms with Gasteiger partial charge in [0.25, 0.3) is 0 Å². The van der Waals surface area contributed by atoms with E-state index >= 15 is 0 Å². The molecular weight excluding hydrogens is 216 g/mol. The van der Waals surface area contributed by atoms with Gasteiger partial charge in [0.2, 0.25) is 0 Å². The summed E-state index contributed by atoms with van der Waals surface area (Å²) in [4.78, 5) is 11.0. The number of aliphatic carboxylic acids is 1. The number of hydrogen-bond donors (Lipinski definition) is 2. The van der Waals surface area contributed by atoms with E-state index in [2.05, 4.69) is 6.92 Å². The predicted molar refractivity (Wildman–Crippen MR) is 66.8 cm³/mol. The summed E-state index contributed by atoms with van der Waals surface area (Å²) < 4.78 is 0. The molecule has 94 valence electrons. The summed E-state index contributed by atoms with van der Waals surface area (Å²) in [5.41, 5.74) is 1.07. The van der Waals surface area contributed by atoms with Gasteiger partial charge in [0.1, 0.15) is 0 Å². The lowest BCUT2D eigenvalue weighted by Gasteiger charge is -2.23. The van der Waals surface area contributed by atoms with Gasteiger partial charge in [-0.05, 0) is 37.8 Å². The summed E-state index contributed by atoms with van der Waals surface area (Å²) in [7, 11) is 0. The first-order valence-electron chi connectivity index (χ1n) is 5.87. The summed E-state index contributed by atoms with van der Waals surface area (Å²) in [6, 6.07) is 7.65. The van der Waals surface area contributed by atoms with Crippen LogP contribution in [0.3, 0.4) is 0 Å². The maximum atomic E-state index is 11.0. The summed E-state index contributed by atoms with van der Waals surface area (Å²) in [6.07, 6.45) is 0.442. The molecule has 0 saturated heterocycles. The molecule has 1 aromatic rings. The van der Waals surface area contributed by atoms with Gasteiger partial charge in [0, 0.05) is 0 Å². The summed E-state index contributed by atoms with van der Waals surface area (Å²) in [5, 5.41) is 19.0. The van der Waals surface area contributed by atoms with Crippen molar-refractivity contribution < 1.29 is 15.0 Å². The molecule has 3 nitrogen and oxygen atoms in total. The second-order valence-electron chi connectivity index (χ2n) is 5.00. The van der Waals surface area contributed by atoms with Gasteiger partial charge in [-0.1, -0.05) is 31.2 Å². The number of hydrogen-bond acceptors (Lipinski definition) is 2. The van der Waals surface area contributed by atoms with E-state index in [0.717, 1.165) is 12.0 Å². The predicted octanol–water partition coefficient (Wildman–Crippen LogP) is 2.78. The van der Waals surface area contributed by atoms with E-state index < -0.39 is 17.5 Å². The second kappa shape index (κ2) is 5.32. The Hall–Kier alpha value is -1.35. The number of carboxylic acid groups (broad SMARTS) is 1. The van der Waals surface area contributed by atoms with Crippen molar-refractivity contribution in [2.24, 2.45) is 5.41 Å². The maximum Gasteiger partial charge on any atom is 0.309 e. The Labute approximate surface area is 102 Å². The average Bonchev–Trinajstić information content (AvgIpc) is 2.28. The van der Waals surface area contributed by atoms with E-state index in [0.29, 0.717) is 0 Å². The topological polar surface area (TPSA) is 57.5 Å². The fourth-order valence-electron chi connectivity index (χ4n) is 1.66. The molecule has 0 fully saturated rings. The smallest absolute Gasteiger partial charge is 0.309 e.